The predicted octanol–water partition coefficient (Wildman–Crippen LogP) is 3.31. The molecule has 0 aromatic heterocycles. The van der Waals surface area contributed by atoms with Gasteiger partial charge in [-0.2, -0.15) is 0 Å². The number of ketones is 1. The van der Waals surface area contributed by atoms with Crippen molar-refractivity contribution in [3.63, 3.8) is 0 Å². The first-order valence-corrected chi connectivity index (χ1v) is 6.59. The predicted molar refractivity (Wildman–Crippen MR) is 66.3 cm³/mol. The van der Waals surface area contributed by atoms with E-state index in [2.05, 4.69) is 0 Å². The highest BCUT2D eigenvalue weighted by molar-refractivity contribution is 5.86. The van der Waals surface area contributed by atoms with Crippen LogP contribution in [-0.4, -0.2) is 12.4 Å². The number of ether oxygens (including phenoxy) is 1. The van der Waals surface area contributed by atoms with E-state index >= 15 is 0 Å². The van der Waals surface area contributed by atoms with Gasteiger partial charge in [-0.15, -0.1) is 0 Å². The van der Waals surface area contributed by atoms with E-state index in [4.69, 9.17) is 4.74 Å². The van der Waals surface area contributed by atoms with Crippen LogP contribution in [-0.2, 0) is 4.79 Å². The Bertz CT molecular complexity index is 421. The standard InChI is InChI=1S/C15H18O2/c16-14(8-7-11-5-6-11)12-9-10-17-15-4-2-1-3-13(12)15/h1-4,11-12H,5-10H2. The van der Waals surface area contributed by atoms with Gasteiger partial charge in [0.2, 0.25) is 0 Å². The van der Waals surface area contributed by atoms with Gasteiger partial charge >= 0.3 is 0 Å². The molecule has 0 amide bonds. The van der Waals surface area contributed by atoms with Crippen LogP contribution in [0, 0.1) is 5.92 Å². The molecule has 1 unspecified atom stereocenters. The van der Waals surface area contributed by atoms with E-state index in [1.807, 2.05) is 24.3 Å². The molecule has 1 aliphatic carbocycles. The summed E-state index contributed by atoms with van der Waals surface area (Å²) in [4.78, 5) is 12.2. The first-order valence-electron chi connectivity index (χ1n) is 6.59. The molecule has 2 aliphatic rings. The fourth-order valence-corrected chi connectivity index (χ4v) is 2.60. The Morgan fingerprint density at radius 1 is 1.24 bits per heavy atom. The molecule has 1 saturated carbocycles. The number of fused-ring (bicyclic) bond motifs is 1. The Balaban J connectivity index is 1.72. The zero-order chi connectivity index (χ0) is 11.7. The smallest absolute Gasteiger partial charge is 0.140 e. The molecule has 2 nitrogen and oxygen atoms in total. The summed E-state index contributed by atoms with van der Waals surface area (Å²) in [6.45, 7) is 0.677. The van der Waals surface area contributed by atoms with Gasteiger partial charge in [0.1, 0.15) is 11.5 Å². The van der Waals surface area contributed by atoms with Gasteiger partial charge in [-0.05, 0) is 24.8 Å². The van der Waals surface area contributed by atoms with Crippen molar-refractivity contribution in [2.45, 2.75) is 38.0 Å². The molecule has 1 fully saturated rings. The van der Waals surface area contributed by atoms with Gasteiger partial charge in [0.05, 0.1) is 6.61 Å². The number of Topliss-reactive ketones (excluding diaryl/α,β-unsaturated/α-hetero) is 1. The van der Waals surface area contributed by atoms with Crippen LogP contribution in [0.1, 0.15) is 43.6 Å². The van der Waals surface area contributed by atoms with Crippen molar-refractivity contribution in [2.75, 3.05) is 6.61 Å². The minimum Gasteiger partial charge on any atom is -0.493 e. The lowest BCUT2D eigenvalue weighted by Crippen LogP contribution is -2.21. The molecule has 0 saturated heterocycles. The third-order valence-corrected chi connectivity index (χ3v) is 3.84. The molecular weight excluding hydrogens is 212 g/mol. The average molecular weight is 230 g/mol. The lowest BCUT2D eigenvalue weighted by molar-refractivity contribution is -0.121. The van der Waals surface area contributed by atoms with Gasteiger partial charge in [0.25, 0.3) is 0 Å². The van der Waals surface area contributed by atoms with Crippen molar-refractivity contribution < 1.29 is 9.53 Å². The van der Waals surface area contributed by atoms with Crippen molar-refractivity contribution in [2.24, 2.45) is 5.92 Å². The third-order valence-electron chi connectivity index (χ3n) is 3.84. The minimum absolute atomic E-state index is 0.0821. The highest BCUT2D eigenvalue weighted by atomic mass is 16.5. The molecule has 3 rings (SSSR count). The van der Waals surface area contributed by atoms with Crippen LogP contribution < -0.4 is 4.74 Å². The quantitative estimate of drug-likeness (QED) is 0.793. The van der Waals surface area contributed by atoms with Crippen LogP contribution in [0.15, 0.2) is 24.3 Å². The number of hydrogen-bond donors (Lipinski definition) is 0. The van der Waals surface area contributed by atoms with Crippen molar-refractivity contribution in [1.29, 1.82) is 0 Å². The van der Waals surface area contributed by atoms with Gasteiger partial charge in [-0.1, -0.05) is 31.0 Å². The summed E-state index contributed by atoms with van der Waals surface area (Å²) in [5, 5.41) is 0. The Kier molecular flexibility index (Phi) is 2.87. The number of hydrogen-bond acceptors (Lipinski definition) is 2. The van der Waals surface area contributed by atoms with E-state index < -0.39 is 0 Å². The zero-order valence-electron chi connectivity index (χ0n) is 10.0. The SMILES string of the molecule is O=C(CCC1CC1)C1CCOc2ccccc21. The number of carbonyl (C=O) groups excluding carboxylic acids is 1. The van der Waals surface area contributed by atoms with Crippen molar-refractivity contribution in [3.05, 3.63) is 29.8 Å². The minimum atomic E-state index is 0.0821. The Morgan fingerprint density at radius 2 is 2.06 bits per heavy atom. The molecule has 1 aromatic carbocycles. The fraction of sp³-hybridized carbons (Fsp3) is 0.533. The van der Waals surface area contributed by atoms with Crippen molar-refractivity contribution >= 4 is 5.78 Å². The molecule has 90 valence electrons. The average Bonchev–Trinajstić information content (AvgIpc) is 3.19. The lowest BCUT2D eigenvalue weighted by atomic mass is 9.87. The second kappa shape index (κ2) is 4.52. The Morgan fingerprint density at radius 3 is 2.88 bits per heavy atom. The van der Waals surface area contributed by atoms with Crippen LogP contribution in [0.2, 0.25) is 0 Å². The van der Waals surface area contributed by atoms with Gasteiger partial charge < -0.3 is 4.74 Å². The molecule has 0 bridgehead atoms. The largest absolute Gasteiger partial charge is 0.493 e. The first-order chi connectivity index (χ1) is 8.34. The maximum Gasteiger partial charge on any atom is 0.140 e. The summed E-state index contributed by atoms with van der Waals surface area (Å²) in [6, 6.07) is 7.97. The third kappa shape index (κ3) is 2.36. The van der Waals surface area contributed by atoms with Crippen LogP contribution in [0.25, 0.3) is 0 Å². The summed E-state index contributed by atoms with van der Waals surface area (Å²) in [5.74, 6) is 2.24. The second-order valence-electron chi connectivity index (χ2n) is 5.18. The van der Waals surface area contributed by atoms with E-state index in [0.717, 1.165) is 36.5 Å². The summed E-state index contributed by atoms with van der Waals surface area (Å²) in [7, 11) is 0. The van der Waals surface area contributed by atoms with E-state index in [1.165, 1.54) is 12.8 Å². The molecule has 2 heteroatoms. The van der Waals surface area contributed by atoms with E-state index in [0.29, 0.717) is 12.4 Å². The Hall–Kier alpha value is -1.31. The molecule has 1 aliphatic heterocycles. The molecule has 0 spiro atoms. The number of carbonyl (C=O) groups is 1. The molecule has 1 aromatic rings. The lowest BCUT2D eigenvalue weighted by Gasteiger charge is -2.24. The molecule has 0 N–H and O–H groups in total. The van der Waals surface area contributed by atoms with Crippen LogP contribution >= 0.6 is 0 Å². The first kappa shape index (κ1) is 10.8. The van der Waals surface area contributed by atoms with Crippen molar-refractivity contribution in [1.82, 2.24) is 0 Å². The van der Waals surface area contributed by atoms with Gasteiger partial charge in [-0.3, -0.25) is 4.79 Å². The molecule has 17 heavy (non-hydrogen) atoms. The maximum atomic E-state index is 12.2. The van der Waals surface area contributed by atoms with E-state index in [-0.39, 0.29) is 5.92 Å². The second-order valence-corrected chi connectivity index (χ2v) is 5.18. The monoisotopic (exact) mass is 230 g/mol. The van der Waals surface area contributed by atoms with E-state index in [9.17, 15) is 4.79 Å². The normalized spacial score (nSPS) is 22.7. The van der Waals surface area contributed by atoms with Crippen molar-refractivity contribution in [3.8, 4) is 5.75 Å². The zero-order valence-corrected chi connectivity index (χ0v) is 10.0. The summed E-state index contributed by atoms with van der Waals surface area (Å²) in [6.07, 6.45) is 5.36. The summed E-state index contributed by atoms with van der Waals surface area (Å²) in [5.41, 5.74) is 1.10. The topological polar surface area (TPSA) is 26.3 Å². The number of benzene rings is 1. The fourth-order valence-electron chi connectivity index (χ4n) is 2.60. The van der Waals surface area contributed by atoms with Gasteiger partial charge in [0.15, 0.2) is 0 Å². The Labute approximate surface area is 102 Å². The highest BCUT2D eigenvalue weighted by Gasteiger charge is 2.29. The number of para-hydroxylation sites is 1. The van der Waals surface area contributed by atoms with Crippen LogP contribution in [0.4, 0.5) is 0 Å². The van der Waals surface area contributed by atoms with Gasteiger partial charge in [-0.25, -0.2) is 0 Å². The molecular formula is C15H18O2. The molecule has 0 radical (unpaired) electrons. The van der Waals surface area contributed by atoms with E-state index in [1.54, 1.807) is 0 Å². The highest BCUT2D eigenvalue weighted by Crippen LogP contribution is 2.37. The molecule has 1 heterocycles. The summed E-state index contributed by atoms with van der Waals surface area (Å²) >= 11 is 0. The number of rotatable bonds is 4. The van der Waals surface area contributed by atoms with Crippen LogP contribution in [0.5, 0.6) is 5.75 Å². The maximum absolute atomic E-state index is 12.2. The molecule has 1 atom stereocenters. The van der Waals surface area contributed by atoms with Crippen LogP contribution in [0.3, 0.4) is 0 Å². The summed E-state index contributed by atoms with van der Waals surface area (Å²) < 4.78 is 5.59. The van der Waals surface area contributed by atoms with Gasteiger partial charge in [0, 0.05) is 17.9 Å².